The molecule has 0 aliphatic heterocycles. The second-order valence-electron chi connectivity index (χ2n) is 7.92. The standard InChI is InChI=1S/C26H25BrN4O6/c1-4-36-23-12-18(14-28-30-26(33)19-6-5-7-20(13-19)31(34)35)11-21(27)25(23)37-15-24(32)29-22-9-8-16(2)10-17(22)3/h5-14H,4,15H2,1-3H3,(H,29,32)(H,30,33)/b28-14+. The van der Waals surface area contributed by atoms with Crippen LogP contribution in [-0.2, 0) is 4.79 Å². The van der Waals surface area contributed by atoms with Crippen molar-refractivity contribution >= 4 is 45.3 Å². The van der Waals surface area contributed by atoms with E-state index in [9.17, 15) is 19.7 Å². The normalized spacial score (nSPS) is 10.7. The number of nitro benzene ring substituents is 1. The minimum Gasteiger partial charge on any atom is -0.490 e. The Bertz CT molecular complexity index is 1360. The number of ether oxygens (including phenoxy) is 2. The van der Waals surface area contributed by atoms with E-state index in [1.807, 2.05) is 39.0 Å². The van der Waals surface area contributed by atoms with E-state index in [2.05, 4.69) is 31.8 Å². The van der Waals surface area contributed by atoms with Crippen molar-refractivity contribution < 1.29 is 24.0 Å². The van der Waals surface area contributed by atoms with E-state index >= 15 is 0 Å². The number of hydrogen-bond donors (Lipinski definition) is 2. The van der Waals surface area contributed by atoms with E-state index in [0.29, 0.717) is 33.8 Å². The number of benzene rings is 3. The van der Waals surface area contributed by atoms with Gasteiger partial charge in [-0.15, -0.1) is 0 Å². The van der Waals surface area contributed by atoms with Crippen LogP contribution in [0.1, 0.15) is 34.0 Å². The summed E-state index contributed by atoms with van der Waals surface area (Å²) in [4.78, 5) is 35.1. The average Bonchev–Trinajstić information content (AvgIpc) is 2.85. The first-order valence-electron chi connectivity index (χ1n) is 11.2. The highest BCUT2D eigenvalue weighted by atomic mass is 79.9. The Kier molecular flexibility index (Phi) is 9.33. The fourth-order valence-corrected chi connectivity index (χ4v) is 3.91. The van der Waals surface area contributed by atoms with Crippen LogP contribution in [0.5, 0.6) is 11.5 Å². The first-order valence-corrected chi connectivity index (χ1v) is 12.0. The Balaban J connectivity index is 1.67. The van der Waals surface area contributed by atoms with E-state index < -0.39 is 10.8 Å². The van der Waals surface area contributed by atoms with Gasteiger partial charge in [0.1, 0.15) is 0 Å². The van der Waals surface area contributed by atoms with Gasteiger partial charge in [0, 0.05) is 23.4 Å². The summed E-state index contributed by atoms with van der Waals surface area (Å²) in [6, 6.07) is 14.4. The number of halogens is 1. The van der Waals surface area contributed by atoms with Gasteiger partial charge in [0.2, 0.25) is 0 Å². The number of non-ortho nitro benzene ring substituents is 1. The highest BCUT2D eigenvalue weighted by Gasteiger charge is 2.15. The summed E-state index contributed by atoms with van der Waals surface area (Å²) in [6.07, 6.45) is 1.39. The third-order valence-electron chi connectivity index (χ3n) is 5.03. The molecule has 0 aliphatic rings. The molecule has 3 aromatic carbocycles. The molecule has 0 spiro atoms. The lowest BCUT2D eigenvalue weighted by molar-refractivity contribution is -0.384. The number of nitrogens with zero attached hydrogens (tertiary/aromatic N) is 2. The highest BCUT2D eigenvalue weighted by Crippen LogP contribution is 2.36. The van der Waals surface area contributed by atoms with Gasteiger partial charge in [0.05, 0.1) is 22.2 Å². The second kappa shape index (κ2) is 12.6. The third-order valence-corrected chi connectivity index (χ3v) is 5.62. The molecule has 0 fully saturated rings. The molecular formula is C26H25BrN4O6. The van der Waals surface area contributed by atoms with E-state index in [4.69, 9.17) is 9.47 Å². The number of aryl methyl sites for hydroxylation is 2. The lowest BCUT2D eigenvalue weighted by Crippen LogP contribution is -2.21. The molecule has 2 N–H and O–H groups in total. The summed E-state index contributed by atoms with van der Waals surface area (Å²) in [5.41, 5.74) is 5.58. The van der Waals surface area contributed by atoms with Gasteiger partial charge in [-0.25, -0.2) is 5.43 Å². The molecule has 0 atom stereocenters. The first-order chi connectivity index (χ1) is 17.7. The highest BCUT2D eigenvalue weighted by molar-refractivity contribution is 9.10. The van der Waals surface area contributed by atoms with Gasteiger partial charge in [-0.05, 0) is 72.1 Å². The summed E-state index contributed by atoms with van der Waals surface area (Å²) < 4.78 is 11.9. The zero-order valence-corrected chi connectivity index (χ0v) is 22.0. The van der Waals surface area contributed by atoms with Crippen molar-refractivity contribution in [2.45, 2.75) is 20.8 Å². The van der Waals surface area contributed by atoms with Crippen LogP contribution < -0.4 is 20.2 Å². The van der Waals surface area contributed by atoms with Crippen molar-refractivity contribution in [2.24, 2.45) is 5.10 Å². The smallest absolute Gasteiger partial charge is 0.271 e. The molecule has 11 heteroatoms. The van der Waals surface area contributed by atoms with Crippen molar-refractivity contribution in [3.05, 3.63) is 91.4 Å². The number of hydrazone groups is 1. The van der Waals surface area contributed by atoms with Gasteiger partial charge in [0.25, 0.3) is 17.5 Å². The Morgan fingerprint density at radius 1 is 1.11 bits per heavy atom. The van der Waals surface area contributed by atoms with Crippen LogP contribution in [-0.4, -0.2) is 36.2 Å². The second-order valence-corrected chi connectivity index (χ2v) is 8.78. The predicted octanol–water partition coefficient (Wildman–Crippen LogP) is 5.15. The van der Waals surface area contributed by atoms with Gasteiger partial charge < -0.3 is 14.8 Å². The molecule has 3 aromatic rings. The number of anilines is 1. The maximum Gasteiger partial charge on any atom is 0.271 e. The van der Waals surface area contributed by atoms with Crippen molar-refractivity contribution in [1.82, 2.24) is 5.43 Å². The number of amides is 2. The molecule has 10 nitrogen and oxygen atoms in total. The Morgan fingerprint density at radius 2 is 1.89 bits per heavy atom. The van der Waals surface area contributed by atoms with E-state index in [-0.39, 0.29) is 23.8 Å². The van der Waals surface area contributed by atoms with E-state index in [1.54, 1.807) is 12.1 Å². The summed E-state index contributed by atoms with van der Waals surface area (Å²) >= 11 is 3.43. The number of nitro groups is 1. The number of nitrogens with one attached hydrogen (secondary N) is 2. The van der Waals surface area contributed by atoms with Gasteiger partial charge >= 0.3 is 0 Å². The molecule has 0 saturated heterocycles. The quantitative estimate of drug-likeness (QED) is 0.197. The van der Waals surface area contributed by atoms with Crippen LogP contribution >= 0.6 is 15.9 Å². The van der Waals surface area contributed by atoms with Gasteiger partial charge in [-0.3, -0.25) is 19.7 Å². The largest absolute Gasteiger partial charge is 0.490 e. The Morgan fingerprint density at radius 3 is 2.59 bits per heavy atom. The molecule has 37 heavy (non-hydrogen) atoms. The summed E-state index contributed by atoms with van der Waals surface area (Å²) in [5.74, 6) is -0.201. The molecule has 0 heterocycles. The third kappa shape index (κ3) is 7.61. The van der Waals surface area contributed by atoms with Crippen LogP contribution in [0, 0.1) is 24.0 Å². The lowest BCUT2D eigenvalue weighted by Gasteiger charge is -2.15. The topological polar surface area (TPSA) is 132 Å². The van der Waals surface area contributed by atoms with E-state index in [0.717, 1.165) is 17.2 Å². The molecule has 0 bridgehead atoms. The monoisotopic (exact) mass is 568 g/mol. The maximum atomic E-state index is 12.5. The minimum atomic E-state index is -0.598. The number of rotatable bonds is 10. The number of carbonyl (C=O) groups is 2. The predicted molar refractivity (Wildman–Crippen MR) is 144 cm³/mol. The molecule has 0 radical (unpaired) electrons. The SMILES string of the molecule is CCOc1cc(/C=N/NC(=O)c2cccc([N+](=O)[O-])c2)cc(Br)c1OCC(=O)Nc1ccc(C)cc1C. The van der Waals surface area contributed by atoms with Crippen LogP contribution in [0.4, 0.5) is 11.4 Å². The zero-order valence-electron chi connectivity index (χ0n) is 20.4. The van der Waals surface area contributed by atoms with Crippen LogP contribution in [0.15, 0.2) is 64.2 Å². The number of carbonyl (C=O) groups excluding carboxylic acids is 2. The first kappa shape index (κ1) is 27.3. The van der Waals surface area contributed by atoms with Crippen LogP contribution in [0.25, 0.3) is 0 Å². The molecule has 192 valence electrons. The Hall–Kier alpha value is -4.25. The van der Waals surface area contributed by atoms with Crippen molar-refractivity contribution in [3.63, 3.8) is 0 Å². The minimum absolute atomic E-state index is 0.102. The molecular weight excluding hydrogens is 544 g/mol. The maximum absolute atomic E-state index is 12.5. The van der Waals surface area contributed by atoms with Gasteiger partial charge in [-0.1, -0.05) is 23.8 Å². The molecule has 3 rings (SSSR count). The molecule has 0 aliphatic carbocycles. The van der Waals surface area contributed by atoms with Gasteiger partial charge in [0.15, 0.2) is 18.1 Å². The Labute approximate surface area is 222 Å². The summed E-state index contributed by atoms with van der Waals surface area (Å²) in [5, 5.41) is 17.7. The molecule has 0 unspecified atom stereocenters. The molecule has 0 aromatic heterocycles. The van der Waals surface area contributed by atoms with Crippen molar-refractivity contribution in [1.29, 1.82) is 0 Å². The zero-order chi connectivity index (χ0) is 26.9. The summed E-state index contributed by atoms with van der Waals surface area (Å²) in [6.45, 7) is 5.82. The number of hydrogen-bond acceptors (Lipinski definition) is 7. The average molecular weight is 569 g/mol. The lowest BCUT2D eigenvalue weighted by atomic mass is 10.1. The van der Waals surface area contributed by atoms with Gasteiger partial charge in [-0.2, -0.15) is 5.10 Å². The fourth-order valence-electron chi connectivity index (χ4n) is 3.33. The fraction of sp³-hybridized carbons (Fsp3) is 0.192. The summed E-state index contributed by atoms with van der Waals surface area (Å²) in [7, 11) is 0. The molecule has 0 saturated carbocycles. The van der Waals surface area contributed by atoms with Crippen molar-refractivity contribution in [2.75, 3.05) is 18.5 Å². The van der Waals surface area contributed by atoms with Crippen molar-refractivity contribution in [3.8, 4) is 11.5 Å². The van der Waals surface area contributed by atoms with Crippen LogP contribution in [0.2, 0.25) is 0 Å². The van der Waals surface area contributed by atoms with Crippen LogP contribution in [0.3, 0.4) is 0 Å². The molecule has 2 amide bonds. The van der Waals surface area contributed by atoms with E-state index in [1.165, 1.54) is 24.4 Å².